The van der Waals surface area contributed by atoms with Gasteiger partial charge in [0.1, 0.15) is 47.7 Å². The van der Waals surface area contributed by atoms with Crippen molar-refractivity contribution in [1.82, 2.24) is 19.8 Å². The molecule has 1 aromatic heterocycles. The summed E-state index contributed by atoms with van der Waals surface area (Å²) in [5.41, 5.74) is 1.50. The largest absolute Gasteiger partial charge is 0.573 e. The van der Waals surface area contributed by atoms with Gasteiger partial charge in [-0.1, -0.05) is 18.6 Å². The number of anilines is 1. The van der Waals surface area contributed by atoms with E-state index in [2.05, 4.69) is 19.9 Å². The van der Waals surface area contributed by atoms with Crippen LogP contribution in [0.25, 0.3) is 5.69 Å². The van der Waals surface area contributed by atoms with Crippen molar-refractivity contribution in [2.45, 2.75) is 44.6 Å². The highest BCUT2D eigenvalue weighted by atomic mass is 19.4. The summed E-state index contributed by atoms with van der Waals surface area (Å²) in [5.74, 6) is 0.0203. The highest BCUT2D eigenvalue weighted by Gasteiger charge is 2.39. The topological polar surface area (TPSA) is 68.0 Å². The van der Waals surface area contributed by atoms with Gasteiger partial charge in [0.2, 0.25) is 0 Å². The third-order valence-corrected chi connectivity index (χ3v) is 6.35. The predicted octanol–water partition coefficient (Wildman–Crippen LogP) is 4.98. The number of halogens is 4. The Kier molecular flexibility index (Phi) is 6.19. The maximum Gasteiger partial charge on any atom is 0.573 e. The zero-order chi connectivity index (χ0) is 25.4. The summed E-state index contributed by atoms with van der Waals surface area (Å²) >= 11 is 0. The second kappa shape index (κ2) is 9.32. The third kappa shape index (κ3) is 4.67. The zero-order valence-corrected chi connectivity index (χ0v) is 19.6. The number of hydrazone groups is 1. The zero-order valence-electron chi connectivity index (χ0n) is 19.6. The van der Waals surface area contributed by atoms with E-state index in [1.807, 2.05) is 5.01 Å². The van der Waals surface area contributed by atoms with E-state index in [9.17, 15) is 13.2 Å². The molecule has 1 fully saturated rings. The normalized spacial score (nSPS) is 19.8. The molecule has 2 atom stereocenters. The van der Waals surface area contributed by atoms with Crippen LogP contribution in [0.5, 0.6) is 11.5 Å². The lowest BCUT2D eigenvalue weighted by Gasteiger charge is -2.35. The molecule has 8 nitrogen and oxygen atoms in total. The maximum absolute atomic E-state index is 15.5. The fraction of sp³-hybridized carbons (Fsp3) is 0.375. The van der Waals surface area contributed by atoms with Gasteiger partial charge in [-0.25, -0.2) is 14.1 Å². The monoisotopic (exact) mass is 504 g/mol. The van der Waals surface area contributed by atoms with Gasteiger partial charge in [-0.2, -0.15) is 10.2 Å². The van der Waals surface area contributed by atoms with Crippen molar-refractivity contribution in [2.24, 2.45) is 5.10 Å². The number of hydrogen-bond donors (Lipinski definition) is 0. The number of aryl methyl sites for hydroxylation is 1. The Labute approximate surface area is 204 Å². The summed E-state index contributed by atoms with van der Waals surface area (Å²) in [6, 6.07) is 8.79. The Hall–Kier alpha value is -3.83. The van der Waals surface area contributed by atoms with Crippen molar-refractivity contribution in [2.75, 3.05) is 18.6 Å². The third-order valence-electron chi connectivity index (χ3n) is 6.35. The van der Waals surface area contributed by atoms with Crippen LogP contribution in [0.1, 0.15) is 36.6 Å². The lowest BCUT2D eigenvalue weighted by molar-refractivity contribution is -0.274. The second-order valence-electron chi connectivity index (χ2n) is 8.65. The minimum atomic E-state index is -4.76. The lowest BCUT2D eigenvalue weighted by Crippen LogP contribution is -2.44. The van der Waals surface area contributed by atoms with E-state index in [1.54, 1.807) is 36.4 Å². The van der Waals surface area contributed by atoms with Gasteiger partial charge < -0.3 is 14.4 Å². The van der Waals surface area contributed by atoms with Gasteiger partial charge in [0.15, 0.2) is 0 Å². The molecule has 3 heterocycles. The number of hydrogen-bond acceptors (Lipinski definition) is 7. The van der Waals surface area contributed by atoms with Crippen LogP contribution in [0.3, 0.4) is 0 Å². The van der Waals surface area contributed by atoms with Crippen LogP contribution in [0.2, 0.25) is 0 Å². The summed E-state index contributed by atoms with van der Waals surface area (Å²) in [5, 5.41) is 10.7. The van der Waals surface area contributed by atoms with E-state index >= 15 is 4.39 Å². The van der Waals surface area contributed by atoms with E-state index in [4.69, 9.17) is 4.74 Å². The SMILES string of the molecule is COc1cc(N2C=NN3CCCC[C@@H](c4ccc(OC(F)(F)F)cc4)C32)c(F)cc1-n1cnc(C)n1. The van der Waals surface area contributed by atoms with Crippen LogP contribution < -0.4 is 14.4 Å². The first kappa shape index (κ1) is 23.9. The molecule has 0 saturated carbocycles. The molecule has 2 aromatic carbocycles. The predicted molar refractivity (Wildman–Crippen MR) is 124 cm³/mol. The van der Waals surface area contributed by atoms with E-state index in [1.165, 1.54) is 36.3 Å². The Morgan fingerprint density at radius 3 is 2.50 bits per heavy atom. The molecule has 3 aromatic rings. The fourth-order valence-corrected chi connectivity index (χ4v) is 4.78. The average Bonchev–Trinajstić information content (AvgIpc) is 3.39. The van der Waals surface area contributed by atoms with Crippen LogP contribution in [0.15, 0.2) is 47.8 Å². The molecule has 190 valence electrons. The van der Waals surface area contributed by atoms with Crippen molar-refractivity contribution in [3.8, 4) is 17.2 Å². The van der Waals surface area contributed by atoms with Crippen molar-refractivity contribution < 1.29 is 27.0 Å². The molecular weight excluding hydrogens is 480 g/mol. The van der Waals surface area contributed by atoms with Gasteiger partial charge in [-0.3, -0.25) is 5.01 Å². The van der Waals surface area contributed by atoms with Crippen molar-refractivity contribution >= 4 is 12.0 Å². The van der Waals surface area contributed by atoms with E-state index in [-0.39, 0.29) is 23.5 Å². The summed E-state index contributed by atoms with van der Waals surface area (Å²) in [7, 11) is 1.49. The Balaban J connectivity index is 1.49. The molecule has 36 heavy (non-hydrogen) atoms. The summed E-state index contributed by atoms with van der Waals surface area (Å²) in [6.45, 7) is 2.41. The van der Waals surface area contributed by atoms with E-state index in [0.29, 0.717) is 23.8 Å². The standard InChI is InChI=1S/C24H24F4N6O2/c1-15-29-13-34(31-15)21-11-19(25)20(12-22(21)35-2)32-14-30-33-10-4-3-5-18(23(32)33)16-6-8-17(9-7-16)36-24(26,27)28/h6-9,11-14,18,23H,3-5,10H2,1-2H3/t18-,23?/m0/s1. The summed E-state index contributed by atoms with van der Waals surface area (Å²) < 4.78 is 64.3. The number of ether oxygens (including phenoxy) is 2. The highest BCUT2D eigenvalue weighted by molar-refractivity contribution is 5.83. The number of fused-ring (bicyclic) bond motifs is 1. The molecule has 1 saturated heterocycles. The molecule has 0 spiro atoms. The molecule has 5 rings (SSSR count). The van der Waals surface area contributed by atoms with Crippen molar-refractivity contribution in [3.05, 3.63) is 59.9 Å². The number of aromatic nitrogens is 3. The molecule has 1 unspecified atom stereocenters. The first-order valence-electron chi connectivity index (χ1n) is 11.4. The number of nitrogens with zero attached hydrogens (tertiary/aromatic N) is 6. The van der Waals surface area contributed by atoms with Crippen LogP contribution in [-0.2, 0) is 0 Å². The molecule has 0 aliphatic carbocycles. The van der Waals surface area contributed by atoms with Gasteiger partial charge in [0.05, 0.1) is 12.8 Å². The van der Waals surface area contributed by atoms with Crippen LogP contribution in [0.4, 0.5) is 23.2 Å². The number of rotatable bonds is 5. The molecule has 0 N–H and O–H groups in total. The Bertz CT molecular complexity index is 1260. The van der Waals surface area contributed by atoms with Crippen molar-refractivity contribution in [3.63, 3.8) is 0 Å². The molecule has 0 bridgehead atoms. The van der Waals surface area contributed by atoms with Gasteiger partial charge in [0.25, 0.3) is 0 Å². The fourth-order valence-electron chi connectivity index (χ4n) is 4.78. The Morgan fingerprint density at radius 1 is 1.06 bits per heavy atom. The molecule has 0 radical (unpaired) electrons. The Morgan fingerprint density at radius 2 is 1.83 bits per heavy atom. The number of methoxy groups -OCH3 is 1. The maximum atomic E-state index is 15.5. The van der Waals surface area contributed by atoms with Crippen LogP contribution in [0, 0.1) is 12.7 Å². The van der Waals surface area contributed by atoms with Gasteiger partial charge in [-0.15, -0.1) is 13.2 Å². The number of alkyl halides is 3. The highest BCUT2D eigenvalue weighted by Crippen LogP contribution is 2.41. The number of benzene rings is 2. The minimum absolute atomic E-state index is 0.141. The van der Waals surface area contributed by atoms with Crippen LogP contribution in [-0.4, -0.2) is 52.3 Å². The molecule has 0 amide bonds. The van der Waals surface area contributed by atoms with Gasteiger partial charge in [-0.05, 0) is 37.5 Å². The van der Waals surface area contributed by atoms with Crippen molar-refractivity contribution in [1.29, 1.82) is 0 Å². The first-order chi connectivity index (χ1) is 17.2. The molecular formula is C24H24F4N6O2. The van der Waals surface area contributed by atoms with Gasteiger partial charge >= 0.3 is 6.36 Å². The first-order valence-corrected chi connectivity index (χ1v) is 11.4. The summed E-state index contributed by atoms with van der Waals surface area (Å²) in [4.78, 5) is 5.85. The average molecular weight is 504 g/mol. The lowest BCUT2D eigenvalue weighted by atomic mass is 9.90. The van der Waals surface area contributed by atoms with Gasteiger partial charge in [0, 0.05) is 24.6 Å². The van der Waals surface area contributed by atoms with E-state index in [0.717, 1.165) is 24.8 Å². The molecule has 2 aliphatic rings. The van der Waals surface area contributed by atoms with Crippen LogP contribution >= 0.6 is 0 Å². The smallest absolute Gasteiger partial charge is 0.494 e. The molecule has 2 aliphatic heterocycles. The quantitative estimate of drug-likeness (QED) is 0.457. The second-order valence-corrected chi connectivity index (χ2v) is 8.65. The summed E-state index contributed by atoms with van der Waals surface area (Å²) in [6.07, 6.45) is 0.503. The minimum Gasteiger partial charge on any atom is -0.494 e. The van der Waals surface area contributed by atoms with E-state index < -0.39 is 12.2 Å². The molecule has 12 heteroatoms.